The zero-order chi connectivity index (χ0) is 18.3. The molecule has 0 bridgehead atoms. The number of hydrogen-bond donors (Lipinski definition) is 0. The van der Waals surface area contributed by atoms with Crippen LogP contribution in [0.5, 0.6) is 0 Å². The summed E-state index contributed by atoms with van der Waals surface area (Å²) in [6.07, 6.45) is 4.78. The lowest BCUT2D eigenvalue weighted by atomic mass is 10.2. The van der Waals surface area contributed by atoms with Gasteiger partial charge in [0, 0.05) is 23.5 Å². The van der Waals surface area contributed by atoms with Gasteiger partial charge in [-0.1, -0.05) is 24.4 Å². The number of carbonyl (C=O) groups is 1. The fraction of sp³-hybridized carbons (Fsp3) is 0.400. The first-order valence-electron chi connectivity index (χ1n) is 9.03. The molecule has 136 valence electrons. The molecule has 2 aromatic heterocycles. The molecule has 1 aromatic carbocycles. The first-order chi connectivity index (χ1) is 12.6. The van der Waals surface area contributed by atoms with Gasteiger partial charge in [0.1, 0.15) is 5.82 Å². The van der Waals surface area contributed by atoms with Crippen molar-refractivity contribution in [3.05, 3.63) is 51.4 Å². The molecule has 0 N–H and O–H groups in total. The highest BCUT2D eigenvalue weighted by Crippen LogP contribution is 2.37. The quantitative estimate of drug-likeness (QED) is 0.575. The number of imidazole rings is 1. The van der Waals surface area contributed by atoms with Crippen LogP contribution in [0.3, 0.4) is 0 Å². The average molecular weight is 388 g/mol. The highest BCUT2D eigenvalue weighted by atomic mass is 35.5. The Bertz CT molecular complexity index is 928. The fourth-order valence-electron chi connectivity index (χ4n) is 3.86. The molecular weight excluding hydrogens is 366 g/mol. The molecule has 26 heavy (non-hydrogen) atoms. The van der Waals surface area contributed by atoms with Crippen molar-refractivity contribution in [3.63, 3.8) is 0 Å². The van der Waals surface area contributed by atoms with E-state index in [1.165, 1.54) is 24.2 Å². The van der Waals surface area contributed by atoms with Crippen LogP contribution in [0.15, 0.2) is 35.0 Å². The molecule has 1 aliphatic rings. The van der Waals surface area contributed by atoms with Crippen LogP contribution in [0, 0.1) is 0 Å². The average Bonchev–Trinajstić information content (AvgIpc) is 3.38. The first-order valence-corrected chi connectivity index (χ1v) is 10.3. The summed E-state index contributed by atoms with van der Waals surface area (Å²) in [6.45, 7) is 2.05. The van der Waals surface area contributed by atoms with Crippen molar-refractivity contribution in [3.8, 4) is 0 Å². The summed E-state index contributed by atoms with van der Waals surface area (Å²) in [4.78, 5) is 19.5. The van der Waals surface area contributed by atoms with Gasteiger partial charge in [0.25, 0.3) is 5.91 Å². The lowest BCUT2D eigenvalue weighted by Crippen LogP contribution is -2.31. The largest absolute Gasteiger partial charge is 0.332 e. The molecule has 1 aliphatic carbocycles. The molecule has 1 unspecified atom stereocenters. The lowest BCUT2D eigenvalue weighted by molar-refractivity contribution is 0.0733. The van der Waals surface area contributed by atoms with E-state index in [0.717, 1.165) is 40.3 Å². The van der Waals surface area contributed by atoms with Gasteiger partial charge >= 0.3 is 0 Å². The van der Waals surface area contributed by atoms with Gasteiger partial charge in [-0.3, -0.25) is 4.79 Å². The van der Waals surface area contributed by atoms with Crippen LogP contribution in [-0.4, -0.2) is 27.4 Å². The van der Waals surface area contributed by atoms with Gasteiger partial charge in [-0.2, -0.15) is 11.3 Å². The summed E-state index contributed by atoms with van der Waals surface area (Å²) in [7, 11) is 1.86. The van der Waals surface area contributed by atoms with E-state index in [-0.39, 0.29) is 11.9 Å². The van der Waals surface area contributed by atoms with E-state index in [1.807, 2.05) is 42.1 Å². The van der Waals surface area contributed by atoms with Crippen molar-refractivity contribution < 1.29 is 4.79 Å². The number of carbonyl (C=O) groups excluding carboxylic acids is 1. The summed E-state index contributed by atoms with van der Waals surface area (Å²) in [5.74, 6) is 0.974. The van der Waals surface area contributed by atoms with Gasteiger partial charge in [0.2, 0.25) is 0 Å². The Hall–Kier alpha value is -1.85. The SMILES string of the molecule is CC(c1nc2ccc(Cl)cc2n1C1CCCC1)N(C)C(=O)c1ccsc1. The number of aromatic nitrogens is 2. The van der Waals surface area contributed by atoms with Gasteiger partial charge < -0.3 is 9.47 Å². The molecule has 2 heterocycles. The molecule has 1 saturated carbocycles. The van der Waals surface area contributed by atoms with Gasteiger partial charge in [0.15, 0.2) is 0 Å². The molecular formula is C20H22ClN3OS. The second kappa shape index (κ2) is 7.05. The number of amides is 1. The Morgan fingerprint density at radius 3 is 2.81 bits per heavy atom. The molecule has 1 fully saturated rings. The van der Waals surface area contributed by atoms with E-state index < -0.39 is 0 Å². The zero-order valence-corrected chi connectivity index (χ0v) is 16.6. The van der Waals surface area contributed by atoms with Gasteiger partial charge in [-0.05, 0) is 49.4 Å². The van der Waals surface area contributed by atoms with Crippen LogP contribution in [0.4, 0.5) is 0 Å². The van der Waals surface area contributed by atoms with Crippen molar-refractivity contribution in [2.75, 3.05) is 7.05 Å². The Labute approximate surface area is 162 Å². The minimum Gasteiger partial charge on any atom is -0.332 e. The summed E-state index contributed by atoms with van der Waals surface area (Å²) in [5.41, 5.74) is 2.75. The predicted octanol–water partition coefficient (Wildman–Crippen LogP) is 5.70. The minimum absolute atomic E-state index is 0.0295. The molecule has 0 spiro atoms. The number of hydrogen-bond acceptors (Lipinski definition) is 3. The fourth-order valence-corrected chi connectivity index (χ4v) is 4.66. The molecule has 1 amide bonds. The summed E-state index contributed by atoms with van der Waals surface area (Å²) in [6, 6.07) is 8.04. The van der Waals surface area contributed by atoms with E-state index in [0.29, 0.717) is 6.04 Å². The predicted molar refractivity (Wildman–Crippen MR) is 107 cm³/mol. The maximum absolute atomic E-state index is 12.8. The third-order valence-corrected chi connectivity index (χ3v) is 6.33. The second-order valence-corrected chi connectivity index (χ2v) is 8.23. The van der Waals surface area contributed by atoms with E-state index in [4.69, 9.17) is 16.6 Å². The third-order valence-electron chi connectivity index (χ3n) is 5.41. The van der Waals surface area contributed by atoms with Crippen molar-refractivity contribution in [1.82, 2.24) is 14.5 Å². The molecule has 6 heteroatoms. The molecule has 3 aromatic rings. The highest BCUT2D eigenvalue weighted by molar-refractivity contribution is 7.08. The van der Waals surface area contributed by atoms with Crippen LogP contribution in [0.1, 0.15) is 60.9 Å². The smallest absolute Gasteiger partial charge is 0.255 e. The van der Waals surface area contributed by atoms with E-state index in [9.17, 15) is 4.79 Å². The standard InChI is InChI=1S/C20H22ClN3OS/c1-13(23(2)20(25)14-9-10-26-12-14)19-22-17-8-7-15(21)11-18(17)24(19)16-5-3-4-6-16/h7-13,16H,3-6H2,1-2H3. The van der Waals surface area contributed by atoms with Crippen molar-refractivity contribution >= 4 is 39.9 Å². The van der Waals surface area contributed by atoms with Crippen LogP contribution in [0.25, 0.3) is 11.0 Å². The van der Waals surface area contributed by atoms with Gasteiger partial charge in [-0.25, -0.2) is 4.98 Å². The second-order valence-electron chi connectivity index (χ2n) is 7.02. The Kier molecular flexibility index (Phi) is 4.76. The normalized spacial score (nSPS) is 16.3. The molecule has 0 radical (unpaired) electrons. The Balaban J connectivity index is 1.77. The van der Waals surface area contributed by atoms with E-state index in [1.54, 1.807) is 4.90 Å². The Morgan fingerprint density at radius 1 is 1.35 bits per heavy atom. The number of fused-ring (bicyclic) bond motifs is 1. The van der Waals surface area contributed by atoms with Crippen molar-refractivity contribution in [1.29, 1.82) is 0 Å². The van der Waals surface area contributed by atoms with Gasteiger partial charge in [-0.15, -0.1) is 0 Å². The number of nitrogens with zero attached hydrogens (tertiary/aromatic N) is 3. The summed E-state index contributed by atoms with van der Waals surface area (Å²) < 4.78 is 2.33. The Morgan fingerprint density at radius 2 is 2.12 bits per heavy atom. The zero-order valence-electron chi connectivity index (χ0n) is 15.0. The third kappa shape index (κ3) is 3.03. The number of benzene rings is 1. The molecule has 0 aliphatic heterocycles. The maximum atomic E-state index is 12.8. The van der Waals surface area contributed by atoms with Crippen LogP contribution in [-0.2, 0) is 0 Å². The van der Waals surface area contributed by atoms with Crippen LogP contribution >= 0.6 is 22.9 Å². The number of thiophene rings is 1. The molecule has 0 saturated heterocycles. The summed E-state index contributed by atoms with van der Waals surface area (Å²) >= 11 is 7.80. The highest BCUT2D eigenvalue weighted by Gasteiger charge is 2.28. The molecule has 4 rings (SSSR count). The molecule has 4 nitrogen and oxygen atoms in total. The topological polar surface area (TPSA) is 38.1 Å². The minimum atomic E-state index is -0.117. The van der Waals surface area contributed by atoms with E-state index >= 15 is 0 Å². The summed E-state index contributed by atoms with van der Waals surface area (Å²) in [5, 5.41) is 4.55. The van der Waals surface area contributed by atoms with Crippen LogP contribution < -0.4 is 0 Å². The van der Waals surface area contributed by atoms with Gasteiger partial charge in [0.05, 0.1) is 22.6 Å². The van der Waals surface area contributed by atoms with Crippen LogP contribution in [0.2, 0.25) is 5.02 Å². The maximum Gasteiger partial charge on any atom is 0.255 e. The number of halogens is 1. The molecule has 1 atom stereocenters. The van der Waals surface area contributed by atoms with E-state index in [2.05, 4.69) is 11.5 Å². The monoisotopic (exact) mass is 387 g/mol. The van der Waals surface area contributed by atoms with Crippen molar-refractivity contribution in [2.24, 2.45) is 0 Å². The first kappa shape index (κ1) is 17.6. The lowest BCUT2D eigenvalue weighted by Gasteiger charge is -2.27. The number of rotatable bonds is 4. The van der Waals surface area contributed by atoms with Crippen molar-refractivity contribution in [2.45, 2.75) is 44.7 Å².